The molecule has 2 N–H and O–H groups in total. The van der Waals surface area contributed by atoms with Crippen LogP contribution >= 0.6 is 11.3 Å². The van der Waals surface area contributed by atoms with Gasteiger partial charge in [0.25, 0.3) is 0 Å². The van der Waals surface area contributed by atoms with Crippen LogP contribution in [0.25, 0.3) is 0 Å². The predicted molar refractivity (Wildman–Crippen MR) is 93.9 cm³/mol. The van der Waals surface area contributed by atoms with Crippen molar-refractivity contribution in [3.8, 4) is 5.75 Å². The molecule has 0 aliphatic carbocycles. The summed E-state index contributed by atoms with van der Waals surface area (Å²) in [5.74, 6) is 1.14. The van der Waals surface area contributed by atoms with Gasteiger partial charge < -0.3 is 15.4 Å². The molecule has 0 bridgehead atoms. The van der Waals surface area contributed by atoms with Crippen molar-refractivity contribution in [1.29, 1.82) is 0 Å². The van der Waals surface area contributed by atoms with E-state index in [0.717, 1.165) is 18.9 Å². The van der Waals surface area contributed by atoms with Gasteiger partial charge in [0.05, 0.1) is 6.54 Å². The number of thiophene rings is 1. The molecule has 6 heteroatoms. The van der Waals surface area contributed by atoms with Crippen LogP contribution in [-0.2, 0) is 6.42 Å². The quantitative estimate of drug-likeness (QED) is 0.604. The van der Waals surface area contributed by atoms with E-state index in [0.29, 0.717) is 12.3 Å². The fraction of sp³-hybridized carbons (Fsp3) is 0.353. The number of rotatable bonds is 7. The molecule has 1 unspecified atom stereocenters. The van der Waals surface area contributed by atoms with Gasteiger partial charge in [-0.15, -0.1) is 11.3 Å². The van der Waals surface area contributed by atoms with E-state index in [2.05, 4.69) is 33.1 Å². The van der Waals surface area contributed by atoms with Crippen LogP contribution in [0.1, 0.15) is 11.8 Å². The van der Waals surface area contributed by atoms with E-state index in [-0.39, 0.29) is 11.9 Å². The van der Waals surface area contributed by atoms with Gasteiger partial charge in [0.15, 0.2) is 5.96 Å². The minimum Gasteiger partial charge on any atom is -0.489 e. The highest BCUT2D eigenvalue weighted by Crippen LogP contribution is 2.12. The van der Waals surface area contributed by atoms with Crippen molar-refractivity contribution >= 4 is 17.3 Å². The van der Waals surface area contributed by atoms with Crippen molar-refractivity contribution in [1.82, 2.24) is 10.6 Å². The van der Waals surface area contributed by atoms with Gasteiger partial charge in [-0.2, -0.15) is 0 Å². The molecule has 0 saturated heterocycles. The van der Waals surface area contributed by atoms with E-state index in [1.54, 1.807) is 30.5 Å². The Labute approximate surface area is 140 Å². The summed E-state index contributed by atoms with van der Waals surface area (Å²) in [6, 6.07) is 10.2. The molecule has 0 fully saturated rings. The molecule has 0 aliphatic rings. The summed E-state index contributed by atoms with van der Waals surface area (Å²) in [5.41, 5.74) is 0. The van der Waals surface area contributed by atoms with Crippen molar-refractivity contribution in [2.24, 2.45) is 4.99 Å². The smallest absolute Gasteiger partial charge is 0.191 e. The molecule has 1 heterocycles. The summed E-state index contributed by atoms with van der Waals surface area (Å²) in [4.78, 5) is 5.54. The maximum Gasteiger partial charge on any atom is 0.191 e. The van der Waals surface area contributed by atoms with Gasteiger partial charge in [-0.3, -0.25) is 4.99 Å². The highest BCUT2D eigenvalue weighted by Gasteiger charge is 2.06. The zero-order valence-corrected chi connectivity index (χ0v) is 14.2. The average Bonchev–Trinajstić information content (AvgIpc) is 3.06. The van der Waals surface area contributed by atoms with Crippen molar-refractivity contribution in [3.63, 3.8) is 0 Å². The van der Waals surface area contributed by atoms with Crippen LogP contribution in [0.5, 0.6) is 5.75 Å². The number of hydrogen-bond donors (Lipinski definition) is 2. The number of guanidine groups is 1. The molecule has 0 amide bonds. The number of halogens is 1. The van der Waals surface area contributed by atoms with Gasteiger partial charge in [-0.25, -0.2) is 4.39 Å². The predicted octanol–water partition coefficient (Wildman–Crippen LogP) is 3.06. The molecule has 0 spiro atoms. The number of nitrogens with zero attached hydrogens (tertiary/aromatic N) is 1. The lowest BCUT2D eigenvalue weighted by molar-refractivity contribution is 0.223. The second-order valence-corrected chi connectivity index (χ2v) is 6.12. The molecule has 0 aliphatic heterocycles. The highest BCUT2D eigenvalue weighted by molar-refractivity contribution is 7.09. The molecular formula is C17H22FN3OS. The first-order chi connectivity index (χ1) is 11.2. The standard InChI is InChI=1S/C17H22FN3OS/c1-13(22-15-7-5-14(18)6-8-15)12-21-17(19-2)20-10-9-16-4-3-11-23-16/h3-8,11,13H,9-10,12H2,1-2H3,(H2,19,20,21). The Balaban J connectivity index is 1.68. The monoisotopic (exact) mass is 335 g/mol. The van der Waals surface area contributed by atoms with Crippen LogP contribution < -0.4 is 15.4 Å². The summed E-state index contributed by atoms with van der Waals surface area (Å²) in [6.45, 7) is 3.39. The second kappa shape index (κ2) is 9.15. The first-order valence-corrected chi connectivity index (χ1v) is 8.44. The van der Waals surface area contributed by atoms with Crippen LogP contribution in [0.3, 0.4) is 0 Å². The largest absolute Gasteiger partial charge is 0.489 e. The first kappa shape index (κ1) is 17.3. The molecule has 1 atom stereocenters. The van der Waals surface area contributed by atoms with Crippen molar-refractivity contribution < 1.29 is 9.13 Å². The lowest BCUT2D eigenvalue weighted by Crippen LogP contribution is -2.42. The lowest BCUT2D eigenvalue weighted by atomic mass is 10.3. The van der Waals surface area contributed by atoms with Gasteiger partial charge in [-0.05, 0) is 49.1 Å². The third kappa shape index (κ3) is 6.28. The molecule has 23 heavy (non-hydrogen) atoms. The third-order valence-electron chi connectivity index (χ3n) is 3.18. The minimum atomic E-state index is -0.265. The van der Waals surface area contributed by atoms with Crippen LogP contribution in [0, 0.1) is 5.82 Å². The van der Waals surface area contributed by atoms with Gasteiger partial charge >= 0.3 is 0 Å². The van der Waals surface area contributed by atoms with Gasteiger partial charge in [0, 0.05) is 18.5 Å². The van der Waals surface area contributed by atoms with E-state index in [1.807, 2.05) is 6.92 Å². The fourth-order valence-corrected chi connectivity index (χ4v) is 2.72. The van der Waals surface area contributed by atoms with E-state index in [9.17, 15) is 4.39 Å². The van der Waals surface area contributed by atoms with Crippen LogP contribution in [-0.4, -0.2) is 32.2 Å². The van der Waals surface area contributed by atoms with E-state index in [1.165, 1.54) is 17.0 Å². The van der Waals surface area contributed by atoms with Gasteiger partial charge in [-0.1, -0.05) is 6.07 Å². The Morgan fingerprint density at radius 3 is 2.70 bits per heavy atom. The van der Waals surface area contributed by atoms with Crippen molar-refractivity contribution in [2.75, 3.05) is 20.1 Å². The summed E-state index contributed by atoms with van der Waals surface area (Å²) < 4.78 is 18.6. The van der Waals surface area contributed by atoms with E-state index >= 15 is 0 Å². The van der Waals surface area contributed by atoms with Crippen LogP contribution in [0.4, 0.5) is 4.39 Å². The first-order valence-electron chi connectivity index (χ1n) is 7.56. The Morgan fingerprint density at radius 2 is 2.04 bits per heavy atom. The highest BCUT2D eigenvalue weighted by atomic mass is 32.1. The second-order valence-electron chi connectivity index (χ2n) is 5.09. The Bertz CT molecular complexity index is 599. The normalized spacial score (nSPS) is 12.7. The van der Waals surface area contributed by atoms with Crippen molar-refractivity contribution in [2.45, 2.75) is 19.4 Å². The number of hydrogen-bond acceptors (Lipinski definition) is 3. The molecule has 2 rings (SSSR count). The van der Waals surface area contributed by atoms with E-state index in [4.69, 9.17) is 4.74 Å². The number of ether oxygens (including phenoxy) is 1. The van der Waals surface area contributed by atoms with Crippen LogP contribution in [0.2, 0.25) is 0 Å². The molecule has 0 radical (unpaired) electrons. The summed E-state index contributed by atoms with van der Waals surface area (Å²) >= 11 is 1.76. The molecular weight excluding hydrogens is 313 g/mol. The zero-order valence-electron chi connectivity index (χ0n) is 13.4. The topological polar surface area (TPSA) is 45.7 Å². The molecule has 1 aromatic carbocycles. The van der Waals surface area contributed by atoms with Gasteiger partial charge in [0.2, 0.25) is 0 Å². The lowest BCUT2D eigenvalue weighted by Gasteiger charge is -2.17. The number of benzene rings is 1. The number of nitrogens with one attached hydrogen (secondary N) is 2. The summed E-state index contributed by atoms with van der Waals surface area (Å²) in [6.07, 6.45) is 0.913. The minimum absolute atomic E-state index is 0.0590. The molecule has 2 aromatic rings. The molecule has 4 nitrogen and oxygen atoms in total. The molecule has 0 saturated carbocycles. The molecule has 1 aromatic heterocycles. The van der Waals surface area contributed by atoms with Gasteiger partial charge in [0.1, 0.15) is 17.7 Å². The van der Waals surface area contributed by atoms with Crippen LogP contribution in [0.15, 0.2) is 46.8 Å². The zero-order chi connectivity index (χ0) is 16.5. The maximum absolute atomic E-state index is 12.9. The van der Waals surface area contributed by atoms with Crippen molar-refractivity contribution in [3.05, 3.63) is 52.5 Å². The average molecular weight is 335 g/mol. The Kier molecular flexibility index (Phi) is 6.87. The fourth-order valence-electron chi connectivity index (χ4n) is 2.01. The Hall–Kier alpha value is -2.08. The number of aliphatic imine (C=N–C) groups is 1. The SMILES string of the molecule is CN=C(NCCc1cccs1)NCC(C)Oc1ccc(F)cc1. The van der Waals surface area contributed by atoms with E-state index < -0.39 is 0 Å². The molecule has 124 valence electrons. The summed E-state index contributed by atoms with van der Waals surface area (Å²) in [7, 11) is 1.74. The summed E-state index contributed by atoms with van der Waals surface area (Å²) in [5, 5.41) is 8.58. The maximum atomic E-state index is 12.9. The third-order valence-corrected chi connectivity index (χ3v) is 4.11. The Morgan fingerprint density at radius 1 is 1.26 bits per heavy atom.